The van der Waals surface area contributed by atoms with Crippen LogP contribution in [0.4, 0.5) is 0 Å². The summed E-state index contributed by atoms with van der Waals surface area (Å²) in [4.78, 5) is 0. The van der Waals surface area contributed by atoms with E-state index in [-0.39, 0.29) is 0 Å². The highest BCUT2D eigenvalue weighted by Crippen LogP contribution is 2.23. The van der Waals surface area contributed by atoms with Crippen molar-refractivity contribution in [3.8, 4) is 0 Å². The van der Waals surface area contributed by atoms with Crippen molar-refractivity contribution in [1.29, 1.82) is 0 Å². The number of halogens is 2. The van der Waals surface area contributed by atoms with Gasteiger partial charge in [-0.15, -0.1) is 0 Å². The first-order valence-electron chi connectivity index (χ1n) is 6.82. The number of benzene rings is 1. The Balaban J connectivity index is 1.69. The van der Waals surface area contributed by atoms with Gasteiger partial charge in [-0.2, -0.15) is 5.10 Å². The van der Waals surface area contributed by atoms with Crippen molar-refractivity contribution in [3.63, 3.8) is 0 Å². The summed E-state index contributed by atoms with van der Waals surface area (Å²) in [6, 6.07) is 6.41. The molecule has 20 heavy (non-hydrogen) atoms. The number of aryl methyl sites for hydroxylation is 1. The summed E-state index contributed by atoms with van der Waals surface area (Å²) in [5.41, 5.74) is 3.44. The van der Waals surface area contributed by atoms with Gasteiger partial charge in [-0.05, 0) is 37.5 Å². The molecule has 0 unspecified atom stereocenters. The van der Waals surface area contributed by atoms with E-state index in [1.807, 2.05) is 22.9 Å². The molecule has 106 valence electrons. The summed E-state index contributed by atoms with van der Waals surface area (Å²) in [5, 5.41) is 9.24. The number of rotatable bonds is 5. The van der Waals surface area contributed by atoms with Gasteiger partial charge < -0.3 is 5.32 Å². The van der Waals surface area contributed by atoms with Crippen molar-refractivity contribution in [2.45, 2.75) is 38.9 Å². The number of hydrogen-bond donors (Lipinski definition) is 1. The van der Waals surface area contributed by atoms with Gasteiger partial charge in [0.05, 0.1) is 22.3 Å². The summed E-state index contributed by atoms with van der Waals surface area (Å²) in [7, 11) is 0. The van der Waals surface area contributed by atoms with Crippen LogP contribution >= 0.6 is 23.2 Å². The van der Waals surface area contributed by atoms with Gasteiger partial charge in [-0.1, -0.05) is 29.3 Å². The predicted octanol–water partition coefficient (Wildman–Crippen LogP) is 3.80. The van der Waals surface area contributed by atoms with Gasteiger partial charge in [-0.3, -0.25) is 4.68 Å². The molecule has 3 rings (SSSR count). The molecular weight excluding hydrogens is 293 g/mol. The summed E-state index contributed by atoms with van der Waals surface area (Å²) in [6.07, 6.45) is 4.71. The van der Waals surface area contributed by atoms with Crippen LogP contribution in [0.3, 0.4) is 0 Å². The van der Waals surface area contributed by atoms with Gasteiger partial charge in [-0.25, -0.2) is 0 Å². The molecule has 1 aliphatic carbocycles. The van der Waals surface area contributed by atoms with Crippen LogP contribution in [0.2, 0.25) is 10.0 Å². The lowest BCUT2D eigenvalue weighted by Crippen LogP contribution is -2.15. The van der Waals surface area contributed by atoms with Gasteiger partial charge in [0, 0.05) is 24.3 Å². The van der Waals surface area contributed by atoms with E-state index in [1.54, 1.807) is 0 Å². The van der Waals surface area contributed by atoms with Gasteiger partial charge in [0.1, 0.15) is 0 Å². The van der Waals surface area contributed by atoms with Crippen molar-refractivity contribution in [2.75, 3.05) is 0 Å². The predicted molar refractivity (Wildman–Crippen MR) is 82.4 cm³/mol. The summed E-state index contributed by atoms with van der Waals surface area (Å²) in [5.74, 6) is 0. The van der Waals surface area contributed by atoms with Crippen LogP contribution in [0.1, 0.15) is 29.7 Å². The highest BCUT2D eigenvalue weighted by Gasteiger charge is 2.20. The van der Waals surface area contributed by atoms with Crippen LogP contribution in [-0.4, -0.2) is 15.8 Å². The van der Waals surface area contributed by atoms with E-state index in [0.29, 0.717) is 22.6 Å². The second-order valence-corrected chi connectivity index (χ2v) is 6.16. The summed E-state index contributed by atoms with van der Waals surface area (Å²) < 4.78 is 1.96. The molecule has 1 aromatic carbocycles. The molecule has 0 bridgehead atoms. The minimum Gasteiger partial charge on any atom is -0.310 e. The molecule has 5 heteroatoms. The lowest BCUT2D eigenvalue weighted by molar-refractivity contribution is 0.674. The van der Waals surface area contributed by atoms with E-state index in [4.69, 9.17) is 23.2 Å². The zero-order valence-corrected chi connectivity index (χ0v) is 12.9. The van der Waals surface area contributed by atoms with Crippen LogP contribution < -0.4 is 5.32 Å². The normalized spacial score (nSPS) is 14.8. The molecule has 0 aliphatic heterocycles. The Morgan fingerprint density at radius 2 is 2.10 bits per heavy atom. The highest BCUT2D eigenvalue weighted by atomic mass is 35.5. The average Bonchev–Trinajstić information content (AvgIpc) is 3.17. The SMILES string of the molecule is Cc1nn(Cc2ccc(Cl)c(Cl)c2)cc1CNC1CC1. The third kappa shape index (κ3) is 3.35. The molecule has 1 aromatic heterocycles. The maximum Gasteiger partial charge on any atom is 0.0660 e. The molecular formula is C15H17Cl2N3. The zero-order chi connectivity index (χ0) is 14.1. The van der Waals surface area contributed by atoms with E-state index in [1.165, 1.54) is 18.4 Å². The van der Waals surface area contributed by atoms with Gasteiger partial charge in [0.15, 0.2) is 0 Å². The molecule has 0 atom stereocenters. The highest BCUT2D eigenvalue weighted by molar-refractivity contribution is 6.42. The number of hydrogen-bond acceptors (Lipinski definition) is 2. The fourth-order valence-corrected chi connectivity index (χ4v) is 2.50. The van der Waals surface area contributed by atoms with Crippen LogP contribution in [0, 0.1) is 6.92 Å². The van der Waals surface area contributed by atoms with Crippen molar-refractivity contribution in [1.82, 2.24) is 15.1 Å². The molecule has 1 N–H and O–H groups in total. The summed E-state index contributed by atoms with van der Waals surface area (Å²) in [6.45, 7) is 3.66. The van der Waals surface area contributed by atoms with Crippen molar-refractivity contribution >= 4 is 23.2 Å². The van der Waals surface area contributed by atoms with Crippen LogP contribution in [0.25, 0.3) is 0 Å². The van der Waals surface area contributed by atoms with Gasteiger partial charge in [0.2, 0.25) is 0 Å². The van der Waals surface area contributed by atoms with Crippen molar-refractivity contribution in [3.05, 3.63) is 51.3 Å². The monoisotopic (exact) mass is 309 g/mol. The van der Waals surface area contributed by atoms with E-state index >= 15 is 0 Å². The van der Waals surface area contributed by atoms with E-state index < -0.39 is 0 Å². The average molecular weight is 310 g/mol. The molecule has 0 amide bonds. The minimum absolute atomic E-state index is 0.585. The topological polar surface area (TPSA) is 29.9 Å². The maximum atomic E-state index is 6.04. The number of aromatic nitrogens is 2. The largest absolute Gasteiger partial charge is 0.310 e. The minimum atomic E-state index is 0.585. The summed E-state index contributed by atoms with van der Waals surface area (Å²) >= 11 is 12.0. The lowest BCUT2D eigenvalue weighted by atomic mass is 10.2. The molecule has 0 spiro atoms. The van der Waals surface area contributed by atoms with E-state index in [9.17, 15) is 0 Å². The molecule has 1 heterocycles. The number of nitrogens with one attached hydrogen (secondary N) is 1. The van der Waals surface area contributed by atoms with E-state index in [0.717, 1.165) is 17.8 Å². The fourth-order valence-electron chi connectivity index (χ4n) is 2.18. The van der Waals surface area contributed by atoms with Crippen LogP contribution in [0.15, 0.2) is 24.4 Å². The Labute approximate surface area is 128 Å². The second-order valence-electron chi connectivity index (χ2n) is 5.34. The molecule has 0 saturated heterocycles. The quantitative estimate of drug-likeness (QED) is 0.910. The van der Waals surface area contributed by atoms with Gasteiger partial charge in [0.25, 0.3) is 0 Å². The lowest BCUT2D eigenvalue weighted by Gasteiger charge is -2.03. The smallest absolute Gasteiger partial charge is 0.0660 e. The van der Waals surface area contributed by atoms with E-state index in [2.05, 4.69) is 23.5 Å². The van der Waals surface area contributed by atoms with Crippen LogP contribution in [0.5, 0.6) is 0 Å². The standard InChI is InChI=1S/C15H17Cl2N3/c1-10-12(7-18-13-3-4-13)9-20(19-10)8-11-2-5-14(16)15(17)6-11/h2,5-6,9,13,18H,3-4,7-8H2,1H3. The molecule has 2 aromatic rings. The zero-order valence-electron chi connectivity index (χ0n) is 11.4. The molecule has 1 fully saturated rings. The van der Waals surface area contributed by atoms with Crippen LogP contribution in [-0.2, 0) is 13.1 Å². The maximum absolute atomic E-state index is 6.04. The first-order valence-corrected chi connectivity index (χ1v) is 7.57. The molecule has 3 nitrogen and oxygen atoms in total. The van der Waals surface area contributed by atoms with Gasteiger partial charge >= 0.3 is 0 Å². The molecule has 1 saturated carbocycles. The third-order valence-electron chi connectivity index (χ3n) is 3.54. The number of nitrogens with zero attached hydrogens (tertiary/aromatic N) is 2. The Hall–Kier alpha value is -1.03. The Kier molecular flexibility index (Phi) is 4.01. The molecule has 1 aliphatic rings. The molecule has 0 radical (unpaired) electrons. The third-order valence-corrected chi connectivity index (χ3v) is 4.27. The van der Waals surface area contributed by atoms with Crippen molar-refractivity contribution < 1.29 is 0 Å². The van der Waals surface area contributed by atoms with Crippen molar-refractivity contribution in [2.24, 2.45) is 0 Å². The Morgan fingerprint density at radius 3 is 2.80 bits per heavy atom. The first kappa shape index (κ1) is 13.9. The fraction of sp³-hybridized carbons (Fsp3) is 0.400. The Morgan fingerprint density at radius 1 is 1.30 bits per heavy atom. The first-order chi connectivity index (χ1) is 9.61. The Bertz CT molecular complexity index is 618. The second kappa shape index (κ2) is 5.76.